The van der Waals surface area contributed by atoms with Crippen molar-refractivity contribution in [3.05, 3.63) is 77.1 Å². The zero-order chi connectivity index (χ0) is 20.6. The summed E-state index contributed by atoms with van der Waals surface area (Å²) in [5.74, 6) is 1.82. The molecule has 1 atom stereocenters. The fourth-order valence-corrected chi connectivity index (χ4v) is 3.90. The van der Waals surface area contributed by atoms with Gasteiger partial charge in [0.15, 0.2) is 0 Å². The number of amides is 1. The summed E-state index contributed by atoms with van der Waals surface area (Å²) in [6.07, 6.45) is 1.90. The number of halogens is 1. The first-order valence-corrected chi connectivity index (χ1v) is 9.91. The van der Waals surface area contributed by atoms with E-state index in [1.165, 1.54) is 17.7 Å². The fraction of sp³-hybridized carbons (Fsp3) is 0.348. The van der Waals surface area contributed by atoms with Crippen LogP contribution in [-0.4, -0.2) is 20.7 Å². The largest absolute Gasteiger partial charge is 0.325 e. The summed E-state index contributed by atoms with van der Waals surface area (Å²) in [4.78, 5) is 13.0. The number of hydrogen-bond acceptors (Lipinski definition) is 3. The predicted molar refractivity (Wildman–Crippen MR) is 110 cm³/mol. The Bertz CT molecular complexity index is 1060. The Kier molecular flexibility index (Phi) is 4.94. The van der Waals surface area contributed by atoms with Gasteiger partial charge in [-0.2, -0.15) is 0 Å². The van der Waals surface area contributed by atoms with Gasteiger partial charge < -0.3 is 9.88 Å². The first-order valence-electron chi connectivity index (χ1n) is 9.91. The Morgan fingerprint density at radius 1 is 1.17 bits per heavy atom. The molecule has 1 aliphatic heterocycles. The molecular weight excluding hydrogens is 367 g/mol. The summed E-state index contributed by atoms with van der Waals surface area (Å²) in [5, 5.41) is 11.4. The topological polar surface area (TPSA) is 59.8 Å². The van der Waals surface area contributed by atoms with Crippen molar-refractivity contribution in [2.45, 2.75) is 51.5 Å². The van der Waals surface area contributed by atoms with E-state index in [1.807, 2.05) is 25.1 Å². The maximum absolute atomic E-state index is 13.6. The van der Waals surface area contributed by atoms with E-state index in [0.29, 0.717) is 11.5 Å². The molecular formula is C23H25FN4O. The summed E-state index contributed by atoms with van der Waals surface area (Å²) < 4.78 is 15.8. The molecule has 0 bridgehead atoms. The van der Waals surface area contributed by atoms with Crippen LogP contribution >= 0.6 is 0 Å². The molecule has 3 aromatic rings. The van der Waals surface area contributed by atoms with Gasteiger partial charge in [-0.05, 0) is 62.6 Å². The van der Waals surface area contributed by atoms with Gasteiger partial charge in [-0.15, -0.1) is 10.2 Å². The average Bonchev–Trinajstić information content (AvgIpc) is 3.08. The molecule has 2 aromatic carbocycles. The number of benzene rings is 2. The summed E-state index contributed by atoms with van der Waals surface area (Å²) in [5.41, 5.74) is 1.74. The lowest BCUT2D eigenvalue weighted by Gasteiger charge is -2.26. The number of nitrogens with one attached hydrogen (secondary N) is 1. The molecule has 1 unspecified atom stereocenters. The Morgan fingerprint density at radius 3 is 2.76 bits per heavy atom. The van der Waals surface area contributed by atoms with E-state index < -0.39 is 5.41 Å². The van der Waals surface area contributed by atoms with E-state index in [4.69, 9.17) is 0 Å². The van der Waals surface area contributed by atoms with E-state index in [2.05, 4.69) is 26.1 Å². The molecule has 0 fully saturated rings. The van der Waals surface area contributed by atoms with Gasteiger partial charge in [0.1, 0.15) is 17.5 Å². The second kappa shape index (κ2) is 7.43. The molecule has 0 spiro atoms. The highest BCUT2D eigenvalue weighted by atomic mass is 19.1. The zero-order valence-electron chi connectivity index (χ0n) is 16.9. The molecule has 0 aliphatic carbocycles. The van der Waals surface area contributed by atoms with Gasteiger partial charge >= 0.3 is 0 Å². The summed E-state index contributed by atoms with van der Waals surface area (Å²) in [6, 6.07) is 14.2. The molecule has 2 heterocycles. The number of hydrogen-bond donors (Lipinski definition) is 1. The van der Waals surface area contributed by atoms with Crippen molar-refractivity contribution in [3.63, 3.8) is 0 Å². The van der Waals surface area contributed by atoms with Crippen LogP contribution in [0.3, 0.4) is 0 Å². The number of fused-ring (bicyclic) bond motifs is 1. The number of carbonyl (C=O) groups excluding carboxylic acids is 1. The van der Waals surface area contributed by atoms with E-state index in [1.54, 1.807) is 26.0 Å². The molecule has 4 rings (SSSR count). The second-order valence-electron chi connectivity index (χ2n) is 8.22. The number of anilines is 1. The summed E-state index contributed by atoms with van der Waals surface area (Å²) in [6.45, 7) is 6.43. The van der Waals surface area contributed by atoms with Crippen LogP contribution in [0.2, 0.25) is 0 Å². The Labute approximate surface area is 170 Å². The SMILES string of the molecule is Cc1nnc2n1CC(c1cccc(NC(=O)C(C)(C)c3cccc(F)c3)c1)CC2. The molecule has 6 heteroatoms. The third-order valence-electron chi connectivity index (χ3n) is 5.86. The highest BCUT2D eigenvalue weighted by Gasteiger charge is 2.30. The van der Waals surface area contributed by atoms with E-state index in [-0.39, 0.29) is 11.7 Å². The van der Waals surface area contributed by atoms with E-state index in [0.717, 1.165) is 36.7 Å². The first kappa shape index (κ1) is 19.3. The lowest BCUT2D eigenvalue weighted by Crippen LogP contribution is -2.34. The van der Waals surface area contributed by atoms with Crippen molar-refractivity contribution in [1.82, 2.24) is 14.8 Å². The van der Waals surface area contributed by atoms with Crippen LogP contribution in [-0.2, 0) is 23.2 Å². The minimum atomic E-state index is -0.850. The van der Waals surface area contributed by atoms with Crippen molar-refractivity contribution in [2.24, 2.45) is 0 Å². The molecule has 29 heavy (non-hydrogen) atoms. The Morgan fingerprint density at radius 2 is 1.97 bits per heavy atom. The van der Waals surface area contributed by atoms with Crippen LogP contribution < -0.4 is 5.32 Å². The van der Waals surface area contributed by atoms with Crippen molar-refractivity contribution >= 4 is 11.6 Å². The maximum Gasteiger partial charge on any atom is 0.234 e. The molecule has 150 valence electrons. The average molecular weight is 392 g/mol. The second-order valence-corrected chi connectivity index (χ2v) is 8.22. The first-order chi connectivity index (χ1) is 13.8. The van der Waals surface area contributed by atoms with Crippen molar-refractivity contribution in [1.29, 1.82) is 0 Å². The summed E-state index contributed by atoms with van der Waals surface area (Å²) >= 11 is 0. The smallest absolute Gasteiger partial charge is 0.234 e. The number of nitrogens with zero attached hydrogens (tertiary/aromatic N) is 3. The molecule has 1 N–H and O–H groups in total. The van der Waals surface area contributed by atoms with E-state index >= 15 is 0 Å². The van der Waals surface area contributed by atoms with Gasteiger partial charge in [-0.3, -0.25) is 4.79 Å². The molecule has 5 nitrogen and oxygen atoms in total. The number of aromatic nitrogens is 3. The number of rotatable bonds is 4. The fourth-order valence-electron chi connectivity index (χ4n) is 3.90. The lowest BCUT2D eigenvalue weighted by molar-refractivity contribution is -0.120. The van der Waals surface area contributed by atoms with Gasteiger partial charge in [0.25, 0.3) is 0 Å². The molecule has 1 aliphatic rings. The van der Waals surface area contributed by atoms with Crippen LogP contribution in [0.1, 0.15) is 49.0 Å². The standard InChI is InChI=1S/C23H25FN4O/c1-15-26-27-21-11-10-17(14-28(15)21)16-6-4-9-20(12-16)25-22(29)23(2,3)18-7-5-8-19(24)13-18/h4-9,12-13,17H,10-11,14H2,1-3H3,(H,25,29). The monoisotopic (exact) mass is 392 g/mol. The highest BCUT2D eigenvalue weighted by Crippen LogP contribution is 2.31. The molecule has 0 saturated carbocycles. The summed E-state index contributed by atoms with van der Waals surface area (Å²) in [7, 11) is 0. The minimum absolute atomic E-state index is 0.166. The molecule has 0 saturated heterocycles. The van der Waals surface area contributed by atoms with Crippen LogP contribution in [0.5, 0.6) is 0 Å². The number of carbonyl (C=O) groups is 1. The van der Waals surface area contributed by atoms with Crippen LogP contribution in [0, 0.1) is 12.7 Å². The molecule has 1 aromatic heterocycles. The molecule has 1 amide bonds. The highest BCUT2D eigenvalue weighted by molar-refractivity contribution is 5.98. The third kappa shape index (κ3) is 3.79. The van der Waals surface area contributed by atoms with Crippen molar-refractivity contribution < 1.29 is 9.18 Å². The quantitative estimate of drug-likeness (QED) is 0.717. The Hall–Kier alpha value is -3.02. The number of aryl methyl sites for hydroxylation is 2. The van der Waals surface area contributed by atoms with Crippen molar-refractivity contribution in [3.8, 4) is 0 Å². The van der Waals surface area contributed by atoms with E-state index in [9.17, 15) is 9.18 Å². The van der Waals surface area contributed by atoms with Gasteiger partial charge in [0.05, 0.1) is 5.41 Å². The molecule has 0 radical (unpaired) electrons. The predicted octanol–water partition coefficient (Wildman–Crippen LogP) is 4.37. The Balaban J connectivity index is 1.52. The third-order valence-corrected chi connectivity index (χ3v) is 5.86. The van der Waals surface area contributed by atoms with Crippen LogP contribution in [0.4, 0.5) is 10.1 Å². The lowest BCUT2D eigenvalue weighted by atomic mass is 9.83. The van der Waals surface area contributed by atoms with Crippen LogP contribution in [0.25, 0.3) is 0 Å². The maximum atomic E-state index is 13.6. The van der Waals surface area contributed by atoms with Gasteiger partial charge in [0.2, 0.25) is 5.91 Å². The zero-order valence-corrected chi connectivity index (χ0v) is 16.9. The minimum Gasteiger partial charge on any atom is -0.325 e. The van der Waals surface area contributed by atoms with Gasteiger partial charge in [0, 0.05) is 24.6 Å². The van der Waals surface area contributed by atoms with Crippen LogP contribution in [0.15, 0.2) is 48.5 Å². The van der Waals surface area contributed by atoms with Crippen molar-refractivity contribution in [2.75, 3.05) is 5.32 Å². The normalized spacial score (nSPS) is 16.3. The van der Waals surface area contributed by atoms with Gasteiger partial charge in [-0.1, -0.05) is 24.3 Å². The van der Waals surface area contributed by atoms with Gasteiger partial charge in [-0.25, -0.2) is 4.39 Å².